The molecule has 32 heavy (non-hydrogen) atoms. The Morgan fingerprint density at radius 3 is 2.41 bits per heavy atom. The van der Waals surface area contributed by atoms with Crippen molar-refractivity contribution < 1.29 is 14.3 Å². The molecule has 0 fully saturated rings. The zero-order chi connectivity index (χ0) is 22.7. The van der Waals surface area contributed by atoms with E-state index in [0.29, 0.717) is 0 Å². The molecule has 0 radical (unpaired) electrons. The van der Waals surface area contributed by atoms with Crippen molar-refractivity contribution in [1.82, 2.24) is 15.1 Å². The molecule has 1 aromatic heterocycles. The number of nitrogens with zero attached hydrogens (tertiary/aromatic N) is 2. The minimum atomic E-state index is -0.475. The Hall–Kier alpha value is -3.51. The van der Waals surface area contributed by atoms with Crippen LogP contribution in [-0.2, 0) is 4.79 Å². The van der Waals surface area contributed by atoms with E-state index in [1.807, 2.05) is 62.4 Å². The fraction of sp³-hybridized carbons (Fsp3) is 0.231. The first-order valence-corrected chi connectivity index (χ1v) is 10.7. The number of hydrogen-bond acceptors (Lipinski definition) is 3. The minimum Gasteiger partial charge on any atom is -0.394 e. The number of benzene rings is 3. The van der Waals surface area contributed by atoms with Gasteiger partial charge in [-0.15, -0.1) is 0 Å². The monoisotopic (exact) mass is 431 g/mol. The van der Waals surface area contributed by atoms with Crippen molar-refractivity contribution in [2.45, 2.75) is 25.8 Å². The number of fused-ring (bicyclic) bond motifs is 1. The van der Waals surface area contributed by atoms with E-state index < -0.39 is 6.04 Å². The summed E-state index contributed by atoms with van der Waals surface area (Å²) >= 11 is 0. The summed E-state index contributed by atoms with van der Waals surface area (Å²) in [4.78, 5) is 12.4. The topological polar surface area (TPSA) is 67.2 Å². The third-order valence-corrected chi connectivity index (χ3v) is 5.63. The number of carbonyl (C=O) groups excluding carboxylic acids is 1. The molecular weight excluding hydrogens is 405 g/mol. The summed E-state index contributed by atoms with van der Waals surface area (Å²) in [5.41, 5.74) is 3.62. The van der Waals surface area contributed by atoms with Gasteiger partial charge in [0, 0.05) is 17.2 Å². The molecule has 0 aliphatic carbocycles. The number of nitrogens with one attached hydrogen (secondary N) is 1. The molecule has 4 rings (SSSR count). The van der Waals surface area contributed by atoms with E-state index in [9.17, 15) is 14.3 Å². The van der Waals surface area contributed by atoms with E-state index in [4.69, 9.17) is 0 Å². The highest BCUT2D eigenvalue weighted by Gasteiger charge is 2.27. The van der Waals surface area contributed by atoms with Gasteiger partial charge in [0.1, 0.15) is 5.82 Å². The lowest BCUT2D eigenvalue weighted by Crippen LogP contribution is -2.44. The van der Waals surface area contributed by atoms with Gasteiger partial charge in [-0.1, -0.05) is 50.2 Å². The molecule has 0 bridgehead atoms. The number of rotatable bonds is 7. The molecule has 2 unspecified atom stereocenters. The fourth-order valence-electron chi connectivity index (χ4n) is 3.93. The predicted octanol–water partition coefficient (Wildman–Crippen LogP) is 4.43. The molecule has 6 heteroatoms. The number of carbonyl (C=O) groups is 1. The van der Waals surface area contributed by atoms with Crippen molar-refractivity contribution in [2.75, 3.05) is 6.61 Å². The Balaban J connectivity index is 1.76. The van der Waals surface area contributed by atoms with Gasteiger partial charge < -0.3 is 10.4 Å². The largest absolute Gasteiger partial charge is 0.394 e. The van der Waals surface area contributed by atoms with Gasteiger partial charge in [-0.25, -0.2) is 9.07 Å². The SMILES string of the molecule is CC(C)C(=O)NC(CO)C(c1ccccc1)c1ccc2c(cnn2-c2ccc(F)cc2)c1. The number of aliphatic hydroxyl groups is 1. The van der Waals surface area contributed by atoms with Gasteiger partial charge in [0.2, 0.25) is 5.91 Å². The summed E-state index contributed by atoms with van der Waals surface area (Å²) in [6.45, 7) is 3.47. The molecule has 4 aromatic rings. The van der Waals surface area contributed by atoms with Gasteiger partial charge in [0.15, 0.2) is 0 Å². The van der Waals surface area contributed by atoms with Crippen LogP contribution in [0.5, 0.6) is 0 Å². The molecular formula is C26H26FN3O2. The van der Waals surface area contributed by atoms with Crippen LogP contribution < -0.4 is 5.32 Å². The van der Waals surface area contributed by atoms with Gasteiger partial charge in [0.25, 0.3) is 0 Å². The lowest BCUT2D eigenvalue weighted by atomic mass is 9.84. The van der Waals surface area contributed by atoms with Crippen LogP contribution in [0.1, 0.15) is 30.9 Å². The summed E-state index contributed by atoms with van der Waals surface area (Å²) in [6, 6.07) is 21.6. The highest BCUT2D eigenvalue weighted by Crippen LogP contribution is 2.31. The van der Waals surface area contributed by atoms with Gasteiger partial charge in [0.05, 0.1) is 30.0 Å². The maximum atomic E-state index is 13.3. The van der Waals surface area contributed by atoms with Crippen molar-refractivity contribution in [3.63, 3.8) is 0 Å². The van der Waals surface area contributed by atoms with Crippen LogP contribution in [0.15, 0.2) is 79.0 Å². The lowest BCUT2D eigenvalue weighted by molar-refractivity contribution is -0.125. The molecule has 5 nitrogen and oxygen atoms in total. The Bertz CT molecular complexity index is 1200. The summed E-state index contributed by atoms with van der Waals surface area (Å²) < 4.78 is 15.1. The fourth-order valence-corrected chi connectivity index (χ4v) is 3.93. The smallest absolute Gasteiger partial charge is 0.222 e. The highest BCUT2D eigenvalue weighted by atomic mass is 19.1. The lowest BCUT2D eigenvalue weighted by Gasteiger charge is -2.28. The third kappa shape index (κ3) is 4.41. The first-order valence-electron chi connectivity index (χ1n) is 10.7. The van der Waals surface area contributed by atoms with Crippen molar-refractivity contribution in [3.05, 3.63) is 95.9 Å². The van der Waals surface area contributed by atoms with Crippen LogP contribution in [0.2, 0.25) is 0 Å². The summed E-state index contributed by atoms with van der Waals surface area (Å²) in [6.07, 6.45) is 1.77. The van der Waals surface area contributed by atoms with Crippen LogP contribution in [0.3, 0.4) is 0 Å². The Morgan fingerprint density at radius 2 is 1.75 bits per heavy atom. The zero-order valence-corrected chi connectivity index (χ0v) is 18.1. The quantitative estimate of drug-likeness (QED) is 0.455. The Labute approximate surface area is 186 Å². The summed E-state index contributed by atoms with van der Waals surface area (Å²) in [5.74, 6) is -0.814. The van der Waals surface area contributed by atoms with Gasteiger partial charge in [-0.2, -0.15) is 5.10 Å². The molecule has 164 valence electrons. The normalized spacial score (nSPS) is 13.3. The van der Waals surface area contributed by atoms with Crippen molar-refractivity contribution in [1.29, 1.82) is 0 Å². The van der Waals surface area contributed by atoms with E-state index in [1.165, 1.54) is 12.1 Å². The minimum absolute atomic E-state index is 0.102. The molecule has 0 saturated carbocycles. The second kappa shape index (κ2) is 9.32. The maximum Gasteiger partial charge on any atom is 0.222 e. The number of hydrogen-bond donors (Lipinski definition) is 2. The van der Waals surface area contributed by atoms with Crippen molar-refractivity contribution in [2.24, 2.45) is 5.92 Å². The van der Waals surface area contributed by atoms with Crippen molar-refractivity contribution >= 4 is 16.8 Å². The number of aromatic nitrogens is 2. The Morgan fingerprint density at radius 1 is 1.03 bits per heavy atom. The average Bonchev–Trinajstić information content (AvgIpc) is 3.23. The molecule has 0 aliphatic heterocycles. The second-order valence-corrected chi connectivity index (χ2v) is 8.19. The van der Waals surface area contributed by atoms with Crippen LogP contribution in [0, 0.1) is 11.7 Å². The molecule has 1 amide bonds. The summed E-state index contributed by atoms with van der Waals surface area (Å²) in [7, 11) is 0. The molecule has 2 atom stereocenters. The number of aliphatic hydroxyl groups excluding tert-OH is 1. The van der Waals surface area contributed by atoms with Crippen molar-refractivity contribution in [3.8, 4) is 5.69 Å². The van der Waals surface area contributed by atoms with E-state index >= 15 is 0 Å². The van der Waals surface area contributed by atoms with E-state index in [-0.39, 0.29) is 30.2 Å². The number of halogens is 1. The molecule has 3 aromatic carbocycles. The molecule has 2 N–H and O–H groups in total. The van der Waals surface area contributed by atoms with Gasteiger partial charge in [-0.3, -0.25) is 4.79 Å². The number of amides is 1. The van der Waals surface area contributed by atoms with Gasteiger partial charge >= 0.3 is 0 Å². The molecule has 0 saturated heterocycles. The molecule has 0 spiro atoms. The summed E-state index contributed by atoms with van der Waals surface area (Å²) in [5, 5.41) is 18.6. The molecule has 1 heterocycles. The average molecular weight is 432 g/mol. The maximum absolute atomic E-state index is 13.3. The van der Waals surface area contributed by atoms with E-state index in [0.717, 1.165) is 27.7 Å². The zero-order valence-electron chi connectivity index (χ0n) is 18.1. The second-order valence-electron chi connectivity index (χ2n) is 8.19. The van der Waals surface area contributed by atoms with Crippen LogP contribution in [-0.4, -0.2) is 33.4 Å². The molecule has 0 aliphatic rings. The third-order valence-electron chi connectivity index (χ3n) is 5.63. The van der Waals surface area contributed by atoms with Gasteiger partial charge in [-0.05, 0) is 47.5 Å². The first kappa shape index (κ1) is 21.7. The Kier molecular flexibility index (Phi) is 6.32. The highest BCUT2D eigenvalue weighted by molar-refractivity contribution is 5.82. The predicted molar refractivity (Wildman–Crippen MR) is 123 cm³/mol. The van der Waals surface area contributed by atoms with E-state index in [1.54, 1.807) is 23.0 Å². The van der Waals surface area contributed by atoms with E-state index in [2.05, 4.69) is 10.4 Å². The standard InChI is InChI=1S/C26H26FN3O2/c1-17(2)26(32)29-23(16-31)25(18-6-4-3-5-7-18)19-8-13-24-20(14-19)15-28-30(24)22-11-9-21(27)10-12-22/h3-15,17,23,25,31H,16H2,1-2H3,(H,29,32). The van der Waals surface area contributed by atoms with Crippen LogP contribution in [0.4, 0.5) is 4.39 Å². The van der Waals surface area contributed by atoms with Crippen LogP contribution >= 0.6 is 0 Å². The first-order chi connectivity index (χ1) is 15.5. The van der Waals surface area contributed by atoms with Crippen LogP contribution in [0.25, 0.3) is 16.6 Å².